The van der Waals surface area contributed by atoms with E-state index in [1.807, 2.05) is 0 Å². The second kappa shape index (κ2) is 6.51. The largest absolute Gasteiger partial charge is 0.492 e. The smallest absolute Gasteiger partial charge is 0.145 e. The van der Waals surface area contributed by atoms with Gasteiger partial charge in [0.1, 0.15) is 18.2 Å². The molecule has 3 nitrogen and oxygen atoms in total. The summed E-state index contributed by atoms with van der Waals surface area (Å²) in [4.78, 5) is 2.42. The molecular weight excluding hydrogens is 293 g/mol. The average molecular weight is 314 g/mol. The lowest BCUT2D eigenvalue weighted by Gasteiger charge is -2.33. The Labute approximate surface area is 130 Å². The van der Waals surface area contributed by atoms with Crippen molar-refractivity contribution in [2.75, 3.05) is 39.5 Å². The van der Waals surface area contributed by atoms with Crippen molar-refractivity contribution in [3.05, 3.63) is 29.0 Å². The van der Waals surface area contributed by atoms with Gasteiger partial charge in [0, 0.05) is 31.2 Å². The quantitative estimate of drug-likeness (QED) is 0.851. The molecule has 0 amide bonds. The minimum atomic E-state index is -0.436. The summed E-state index contributed by atoms with van der Waals surface area (Å²) >= 11 is 5.65. The molecule has 0 radical (unpaired) electrons. The Balaban J connectivity index is 1.44. The molecule has 3 rings (SSSR count). The summed E-state index contributed by atoms with van der Waals surface area (Å²) in [5.41, 5.74) is 0.366. The Hall–Kier alpha value is -0.840. The fraction of sp³-hybridized carbons (Fsp3) is 0.625. The zero-order valence-electron chi connectivity index (χ0n) is 12.1. The molecule has 2 saturated heterocycles. The van der Waals surface area contributed by atoms with Crippen LogP contribution in [0.3, 0.4) is 0 Å². The zero-order chi connectivity index (χ0) is 14.7. The van der Waals surface area contributed by atoms with Crippen molar-refractivity contribution in [3.63, 3.8) is 0 Å². The number of hydrogen-bond acceptors (Lipinski definition) is 3. The highest BCUT2D eigenvalue weighted by molar-refractivity contribution is 6.30. The van der Waals surface area contributed by atoms with Gasteiger partial charge in [-0.1, -0.05) is 11.6 Å². The molecule has 1 aromatic rings. The Morgan fingerprint density at radius 1 is 1.38 bits per heavy atom. The maximum Gasteiger partial charge on any atom is 0.145 e. The van der Waals surface area contributed by atoms with Crippen molar-refractivity contribution in [3.8, 4) is 5.75 Å². The Morgan fingerprint density at radius 3 is 3.05 bits per heavy atom. The summed E-state index contributed by atoms with van der Waals surface area (Å²) in [6, 6.07) is 4.56. The number of nitrogens with zero attached hydrogens (tertiary/aromatic N) is 1. The summed E-state index contributed by atoms with van der Waals surface area (Å²) in [7, 11) is 0. The van der Waals surface area contributed by atoms with Crippen molar-refractivity contribution in [1.29, 1.82) is 0 Å². The Bertz CT molecular complexity index is 491. The molecule has 0 aliphatic carbocycles. The number of hydrogen-bond donors (Lipinski definition) is 0. The maximum atomic E-state index is 13.3. The van der Waals surface area contributed by atoms with Crippen LogP contribution < -0.4 is 4.74 Å². The molecule has 0 N–H and O–H groups in total. The predicted molar refractivity (Wildman–Crippen MR) is 80.4 cm³/mol. The molecule has 0 saturated carbocycles. The van der Waals surface area contributed by atoms with Gasteiger partial charge in [0.25, 0.3) is 0 Å². The van der Waals surface area contributed by atoms with Gasteiger partial charge in [-0.05, 0) is 37.9 Å². The van der Waals surface area contributed by atoms with Gasteiger partial charge in [-0.25, -0.2) is 4.39 Å². The van der Waals surface area contributed by atoms with E-state index in [2.05, 4.69) is 4.90 Å². The molecule has 2 aliphatic heterocycles. The molecule has 0 unspecified atom stereocenters. The minimum Gasteiger partial charge on any atom is -0.492 e. The first-order valence-corrected chi connectivity index (χ1v) is 7.93. The van der Waals surface area contributed by atoms with Gasteiger partial charge in [-0.2, -0.15) is 0 Å². The van der Waals surface area contributed by atoms with Crippen LogP contribution in [-0.4, -0.2) is 44.4 Å². The van der Waals surface area contributed by atoms with Crippen LogP contribution in [0.4, 0.5) is 4.39 Å². The maximum absolute atomic E-state index is 13.3. The molecule has 0 bridgehead atoms. The van der Waals surface area contributed by atoms with E-state index in [0.29, 0.717) is 17.8 Å². The van der Waals surface area contributed by atoms with E-state index in [0.717, 1.165) is 32.8 Å². The highest BCUT2D eigenvalue weighted by Crippen LogP contribution is 2.37. The third-order valence-electron chi connectivity index (χ3n) is 4.49. The molecule has 1 atom stereocenters. The van der Waals surface area contributed by atoms with E-state index in [1.165, 1.54) is 31.4 Å². The fourth-order valence-electron chi connectivity index (χ4n) is 3.31. The van der Waals surface area contributed by atoms with E-state index in [-0.39, 0.29) is 5.02 Å². The number of rotatable bonds is 4. The van der Waals surface area contributed by atoms with Gasteiger partial charge in [0.2, 0.25) is 0 Å². The van der Waals surface area contributed by atoms with E-state index >= 15 is 0 Å². The highest BCUT2D eigenvalue weighted by atomic mass is 35.5. The van der Waals surface area contributed by atoms with Gasteiger partial charge in [-0.15, -0.1) is 0 Å². The van der Waals surface area contributed by atoms with Gasteiger partial charge in [0.05, 0.1) is 11.6 Å². The van der Waals surface area contributed by atoms with Crippen molar-refractivity contribution in [2.45, 2.75) is 19.3 Å². The molecule has 2 heterocycles. The normalized spacial score (nSPS) is 26.4. The minimum absolute atomic E-state index is 0.126. The molecule has 0 aromatic heterocycles. The van der Waals surface area contributed by atoms with Crippen LogP contribution in [0.25, 0.3) is 0 Å². The number of halogens is 2. The molecule has 2 fully saturated rings. The summed E-state index contributed by atoms with van der Waals surface area (Å²) in [6.07, 6.45) is 3.66. The summed E-state index contributed by atoms with van der Waals surface area (Å²) in [6.45, 7) is 5.43. The monoisotopic (exact) mass is 313 g/mol. The van der Waals surface area contributed by atoms with Gasteiger partial charge >= 0.3 is 0 Å². The highest BCUT2D eigenvalue weighted by Gasteiger charge is 2.39. The number of likely N-dealkylation sites (tertiary alicyclic amines) is 1. The summed E-state index contributed by atoms with van der Waals surface area (Å²) < 4.78 is 24.6. The number of benzene rings is 1. The van der Waals surface area contributed by atoms with Crippen LogP contribution in [0.2, 0.25) is 5.02 Å². The topological polar surface area (TPSA) is 21.7 Å². The van der Waals surface area contributed by atoms with E-state index in [4.69, 9.17) is 21.1 Å². The van der Waals surface area contributed by atoms with Crippen LogP contribution in [0.15, 0.2) is 18.2 Å². The first kappa shape index (κ1) is 15.1. The van der Waals surface area contributed by atoms with Crippen molar-refractivity contribution < 1.29 is 13.9 Å². The van der Waals surface area contributed by atoms with Crippen LogP contribution in [0.1, 0.15) is 19.3 Å². The van der Waals surface area contributed by atoms with Crippen LogP contribution >= 0.6 is 11.6 Å². The lowest BCUT2D eigenvalue weighted by Crippen LogP contribution is -2.36. The molecule has 2 aliphatic rings. The molecule has 1 aromatic carbocycles. The molecule has 1 spiro atoms. The first-order chi connectivity index (χ1) is 10.2. The van der Waals surface area contributed by atoms with E-state index < -0.39 is 5.82 Å². The van der Waals surface area contributed by atoms with Gasteiger partial charge in [0.15, 0.2) is 0 Å². The van der Waals surface area contributed by atoms with Crippen LogP contribution in [-0.2, 0) is 4.74 Å². The lowest BCUT2D eigenvalue weighted by atomic mass is 9.82. The van der Waals surface area contributed by atoms with Crippen LogP contribution in [0.5, 0.6) is 5.75 Å². The average Bonchev–Trinajstić information content (AvgIpc) is 2.86. The Morgan fingerprint density at radius 2 is 2.29 bits per heavy atom. The van der Waals surface area contributed by atoms with Crippen molar-refractivity contribution in [1.82, 2.24) is 4.90 Å². The SMILES string of the molecule is Fc1cc(OCCN2CC[C@@]3(CCCOC3)C2)ccc1Cl. The standard InChI is InChI=1S/C16H21ClFNO2/c17-14-3-2-13(10-15(14)18)21-9-7-19-6-5-16(11-19)4-1-8-20-12-16/h2-3,10H,1,4-9,11-12H2/t16-/m0/s1. The Kier molecular flexibility index (Phi) is 4.67. The zero-order valence-corrected chi connectivity index (χ0v) is 12.9. The summed E-state index contributed by atoms with van der Waals surface area (Å²) in [5.74, 6) is 0.0976. The van der Waals surface area contributed by atoms with Crippen LogP contribution in [0, 0.1) is 11.2 Å². The summed E-state index contributed by atoms with van der Waals surface area (Å²) in [5, 5.41) is 0.126. The van der Waals surface area contributed by atoms with Crippen molar-refractivity contribution in [2.24, 2.45) is 5.41 Å². The second-order valence-electron chi connectivity index (χ2n) is 6.11. The molecule has 21 heavy (non-hydrogen) atoms. The van der Waals surface area contributed by atoms with Gasteiger partial charge < -0.3 is 9.47 Å². The second-order valence-corrected chi connectivity index (χ2v) is 6.51. The van der Waals surface area contributed by atoms with Gasteiger partial charge in [-0.3, -0.25) is 4.90 Å². The third-order valence-corrected chi connectivity index (χ3v) is 4.80. The fourth-order valence-corrected chi connectivity index (χ4v) is 3.43. The van der Waals surface area contributed by atoms with E-state index in [1.54, 1.807) is 6.07 Å². The first-order valence-electron chi connectivity index (χ1n) is 7.55. The molecule has 5 heteroatoms. The predicted octanol–water partition coefficient (Wildman–Crippen LogP) is 3.36. The third kappa shape index (κ3) is 3.68. The lowest BCUT2D eigenvalue weighted by molar-refractivity contribution is -0.00256. The van der Waals surface area contributed by atoms with Crippen molar-refractivity contribution >= 4 is 11.6 Å². The molecule has 116 valence electrons. The molecular formula is C16H21ClFNO2. The number of ether oxygens (including phenoxy) is 2. The van der Waals surface area contributed by atoms with E-state index in [9.17, 15) is 4.39 Å².